The lowest BCUT2D eigenvalue weighted by molar-refractivity contribution is -0.146. The molecule has 17 heavy (non-hydrogen) atoms. The van der Waals surface area contributed by atoms with Crippen LogP contribution in [0.15, 0.2) is 18.2 Å². The van der Waals surface area contributed by atoms with E-state index < -0.39 is 17.6 Å². The molecule has 0 N–H and O–H groups in total. The summed E-state index contributed by atoms with van der Waals surface area (Å²) in [5, 5.41) is 0.834. The molecule has 2 rings (SSSR count). The third-order valence-electron chi connectivity index (χ3n) is 2.42. The van der Waals surface area contributed by atoms with Gasteiger partial charge in [-0.3, -0.25) is 14.4 Å². The van der Waals surface area contributed by atoms with Crippen LogP contribution in [0.25, 0.3) is 0 Å². The van der Waals surface area contributed by atoms with Crippen LogP contribution in [-0.2, 0) is 21.0 Å². The van der Waals surface area contributed by atoms with Gasteiger partial charge in [-0.15, -0.1) is 0 Å². The second-order valence-electron chi connectivity index (χ2n) is 3.81. The zero-order chi connectivity index (χ0) is 12.6. The van der Waals surface area contributed by atoms with Crippen molar-refractivity contribution in [1.29, 1.82) is 0 Å². The largest absolute Gasteiger partial charge is 0.340 e. The summed E-state index contributed by atoms with van der Waals surface area (Å²) in [6, 6.07) is 4.28. The number of likely N-dealkylation sites (N-methyl/N-ethyl adjacent to an activating group) is 1. The number of carbonyl (C=O) groups is 2. The van der Waals surface area contributed by atoms with E-state index in [1.165, 1.54) is 32.3 Å². The quantitative estimate of drug-likeness (QED) is 0.625. The van der Waals surface area contributed by atoms with Crippen LogP contribution in [0.5, 0.6) is 0 Å². The van der Waals surface area contributed by atoms with Gasteiger partial charge in [-0.2, -0.15) is 5.06 Å². The summed E-state index contributed by atoms with van der Waals surface area (Å²) in [6.45, 7) is -0.0472. The van der Waals surface area contributed by atoms with E-state index in [1.807, 2.05) is 0 Å². The highest BCUT2D eigenvalue weighted by molar-refractivity contribution is 6.39. The maximum Gasteiger partial charge on any atom is 0.340 e. The van der Waals surface area contributed by atoms with E-state index in [1.54, 1.807) is 0 Å². The Morgan fingerprint density at radius 3 is 2.76 bits per heavy atom. The molecule has 0 aliphatic carbocycles. The van der Waals surface area contributed by atoms with Gasteiger partial charge in [-0.25, -0.2) is 4.39 Å². The third kappa shape index (κ3) is 1.87. The number of fused-ring (bicyclic) bond motifs is 1. The Morgan fingerprint density at radius 1 is 1.41 bits per heavy atom. The van der Waals surface area contributed by atoms with Crippen LogP contribution in [-0.4, -0.2) is 30.8 Å². The molecule has 0 spiro atoms. The number of hydrogen-bond acceptors (Lipinski definition) is 3. The van der Waals surface area contributed by atoms with E-state index in [4.69, 9.17) is 4.84 Å². The third-order valence-corrected chi connectivity index (χ3v) is 2.42. The molecule has 0 aromatic heterocycles. The molecule has 5 nitrogen and oxygen atoms in total. The van der Waals surface area contributed by atoms with Gasteiger partial charge < -0.3 is 4.90 Å². The van der Waals surface area contributed by atoms with Crippen LogP contribution in [0.3, 0.4) is 0 Å². The molecule has 0 unspecified atom stereocenters. The van der Waals surface area contributed by atoms with Crippen LogP contribution >= 0.6 is 0 Å². The lowest BCUT2D eigenvalue weighted by Gasteiger charge is -2.17. The molecular formula is C11H11FN2O3. The molecule has 0 fully saturated rings. The highest BCUT2D eigenvalue weighted by Crippen LogP contribution is 2.30. The summed E-state index contributed by atoms with van der Waals surface area (Å²) < 4.78 is 13.4. The van der Waals surface area contributed by atoms with Crippen molar-refractivity contribution in [2.24, 2.45) is 0 Å². The number of rotatable bonds is 0. The zero-order valence-corrected chi connectivity index (χ0v) is 9.44. The Kier molecular flexibility index (Phi) is 2.81. The molecule has 0 radical (unpaired) electrons. The van der Waals surface area contributed by atoms with Crippen LogP contribution in [0.4, 0.5) is 10.1 Å². The lowest BCUT2D eigenvalue weighted by Crippen LogP contribution is -2.40. The van der Waals surface area contributed by atoms with E-state index in [2.05, 4.69) is 0 Å². The summed E-state index contributed by atoms with van der Waals surface area (Å²) in [4.78, 5) is 29.4. The Bertz CT molecular complexity index is 488. The second-order valence-corrected chi connectivity index (χ2v) is 3.81. The zero-order valence-electron chi connectivity index (χ0n) is 9.44. The molecule has 1 heterocycles. The minimum atomic E-state index is -0.834. The van der Waals surface area contributed by atoms with Crippen molar-refractivity contribution in [2.45, 2.75) is 6.61 Å². The van der Waals surface area contributed by atoms with Gasteiger partial charge in [0.2, 0.25) is 0 Å². The Hall–Kier alpha value is -1.95. The first-order valence-corrected chi connectivity index (χ1v) is 4.98. The average molecular weight is 238 g/mol. The van der Waals surface area contributed by atoms with Gasteiger partial charge in [-0.05, 0) is 12.1 Å². The maximum atomic E-state index is 13.4. The van der Waals surface area contributed by atoms with Crippen molar-refractivity contribution in [3.63, 3.8) is 0 Å². The summed E-state index contributed by atoms with van der Waals surface area (Å²) in [6.07, 6.45) is 0. The topological polar surface area (TPSA) is 49.9 Å². The van der Waals surface area contributed by atoms with Crippen molar-refractivity contribution >= 4 is 17.5 Å². The van der Waals surface area contributed by atoms with E-state index in [0.717, 1.165) is 9.96 Å². The molecule has 0 saturated heterocycles. The fraction of sp³-hybridized carbons (Fsp3) is 0.273. The van der Waals surface area contributed by atoms with Crippen molar-refractivity contribution in [2.75, 3.05) is 19.2 Å². The molecule has 2 amide bonds. The van der Waals surface area contributed by atoms with Crippen molar-refractivity contribution in [1.82, 2.24) is 4.90 Å². The first-order chi connectivity index (χ1) is 8.02. The van der Waals surface area contributed by atoms with E-state index in [0.29, 0.717) is 0 Å². The monoisotopic (exact) mass is 238 g/mol. The van der Waals surface area contributed by atoms with Gasteiger partial charge in [0.05, 0.1) is 5.69 Å². The standard InChI is InChI=1S/C11H11FN2O3/c1-13(2)10(15)11(16)14-9-5-3-4-8(12)7(9)6-17-14/h3-5H,6H2,1-2H3. The molecule has 1 aliphatic rings. The summed E-state index contributed by atoms with van der Waals surface area (Å²) in [7, 11) is 2.92. The van der Waals surface area contributed by atoms with E-state index in [9.17, 15) is 14.0 Å². The van der Waals surface area contributed by atoms with Gasteiger partial charge in [0.1, 0.15) is 12.4 Å². The van der Waals surface area contributed by atoms with Gasteiger partial charge in [0.15, 0.2) is 0 Å². The van der Waals surface area contributed by atoms with Crippen LogP contribution in [0.1, 0.15) is 5.56 Å². The number of hydrogen-bond donors (Lipinski definition) is 0. The number of carbonyl (C=O) groups excluding carboxylic acids is 2. The molecule has 0 atom stereocenters. The number of amides is 2. The van der Waals surface area contributed by atoms with Crippen LogP contribution < -0.4 is 5.06 Å². The predicted octanol–water partition coefficient (Wildman–Crippen LogP) is 0.692. The minimum Gasteiger partial charge on any atom is -0.340 e. The Labute approximate surface area is 97.3 Å². The van der Waals surface area contributed by atoms with Crippen molar-refractivity contribution < 1.29 is 18.8 Å². The Morgan fingerprint density at radius 2 is 2.12 bits per heavy atom. The predicted molar refractivity (Wildman–Crippen MR) is 57.4 cm³/mol. The molecular weight excluding hydrogens is 227 g/mol. The molecule has 90 valence electrons. The van der Waals surface area contributed by atoms with Crippen LogP contribution in [0.2, 0.25) is 0 Å². The van der Waals surface area contributed by atoms with E-state index in [-0.39, 0.29) is 17.9 Å². The first kappa shape index (κ1) is 11.5. The Balaban J connectivity index is 2.32. The molecule has 1 aromatic rings. The number of anilines is 1. The number of hydroxylamine groups is 1. The SMILES string of the molecule is CN(C)C(=O)C(=O)N1OCc2c(F)cccc21. The fourth-order valence-corrected chi connectivity index (χ4v) is 1.53. The van der Waals surface area contributed by atoms with Crippen molar-refractivity contribution in [3.8, 4) is 0 Å². The lowest BCUT2D eigenvalue weighted by atomic mass is 10.2. The minimum absolute atomic E-state index is 0.0472. The first-order valence-electron chi connectivity index (χ1n) is 4.98. The normalized spacial score (nSPS) is 13.5. The molecule has 6 heteroatoms. The molecule has 1 aliphatic heterocycles. The molecule has 0 saturated carbocycles. The van der Waals surface area contributed by atoms with Crippen LogP contribution in [0, 0.1) is 5.82 Å². The maximum absolute atomic E-state index is 13.4. The van der Waals surface area contributed by atoms with Crippen molar-refractivity contribution in [3.05, 3.63) is 29.6 Å². The van der Waals surface area contributed by atoms with Gasteiger partial charge in [0.25, 0.3) is 0 Å². The van der Waals surface area contributed by atoms with Gasteiger partial charge >= 0.3 is 11.8 Å². The molecule has 1 aromatic carbocycles. The number of halogens is 1. The smallest absolute Gasteiger partial charge is 0.340 e. The van der Waals surface area contributed by atoms with Gasteiger partial charge in [0, 0.05) is 19.7 Å². The van der Waals surface area contributed by atoms with E-state index >= 15 is 0 Å². The molecule has 0 bridgehead atoms. The van der Waals surface area contributed by atoms with Gasteiger partial charge in [-0.1, -0.05) is 6.07 Å². The summed E-state index contributed by atoms with van der Waals surface area (Å²) in [5.41, 5.74) is 0.567. The second kappa shape index (κ2) is 4.14. The fourth-order valence-electron chi connectivity index (χ4n) is 1.53. The number of nitrogens with zero attached hydrogens (tertiary/aromatic N) is 2. The highest BCUT2D eigenvalue weighted by atomic mass is 19.1. The summed E-state index contributed by atoms with van der Waals surface area (Å²) >= 11 is 0. The average Bonchev–Trinajstić information content (AvgIpc) is 2.72. The highest BCUT2D eigenvalue weighted by Gasteiger charge is 2.32. The number of benzene rings is 1. The summed E-state index contributed by atoms with van der Waals surface area (Å²) in [5.74, 6) is -2.00.